The van der Waals surface area contributed by atoms with Gasteiger partial charge in [0.05, 0.1) is 12.7 Å². The summed E-state index contributed by atoms with van der Waals surface area (Å²) in [5.74, 6) is 0.803. The van der Waals surface area contributed by atoms with Crippen molar-refractivity contribution >= 4 is 0 Å². The molecule has 1 aliphatic heterocycles. The quantitative estimate of drug-likeness (QED) is 0.611. The summed E-state index contributed by atoms with van der Waals surface area (Å²) in [4.78, 5) is 2.44. The maximum absolute atomic E-state index is 5.51. The summed E-state index contributed by atoms with van der Waals surface area (Å²) in [6, 6.07) is 0. The third-order valence-corrected chi connectivity index (χ3v) is 2.15. The van der Waals surface area contributed by atoms with E-state index < -0.39 is 0 Å². The van der Waals surface area contributed by atoms with E-state index in [2.05, 4.69) is 25.7 Å². The summed E-state index contributed by atoms with van der Waals surface area (Å²) in [5.41, 5.74) is 0. The average molecular weight is 157 g/mol. The van der Waals surface area contributed by atoms with Crippen molar-refractivity contribution in [2.24, 2.45) is 5.92 Å². The fourth-order valence-electron chi connectivity index (χ4n) is 1.37. The van der Waals surface area contributed by atoms with Crippen LogP contribution in [0.25, 0.3) is 0 Å². The Morgan fingerprint density at radius 3 is 2.55 bits per heavy atom. The molecule has 0 aromatic heterocycles. The van der Waals surface area contributed by atoms with Gasteiger partial charge in [0.25, 0.3) is 0 Å². The highest BCUT2D eigenvalue weighted by molar-refractivity contribution is 4.78. The van der Waals surface area contributed by atoms with Crippen LogP contribution in [0.5, 0.6) is 0 Å². The van der Waals surface area contributed by atoms with Crippen LogP contribution in [0.15, 0.2) is 0 Å². The van der Waals surface area contributed by atoms with Crippen LogP contribution in [0.1, 0.15) is 20.8 Å². The molecule has 2 heteroatoms. The SMILES string of the molecule is CCN1CC(COC(C)C)C1. The number of hydrogen-bond acceptors (Lipinski definition) is 2. The van der Waals surface area contributed by atoms with Crippen molar-refractivity contribution in [3.05, 3.63) is 0 Å². The molecular weight excluding hydrogens is 138 g/mol. The van der Waals surface area contributed by atoms with E-state index in [0.29, 0.717) is 6.10 Å². The lowest BCUT2D eigenvalue weighted by atomic mass is 10.0. The highest BCUT2D eigenvalue weighted by atomic mass is 16.5. The Morgan fingerprint density at radius 2 is 2.09 bits per heavy atom. The molecule has 0 aromatic carbocycles. The van der Waals surface area contributed by atoms with Crippen LogP contribution in [0.3, 0.4) is 0 Å². The second kappa shape index (κ2) is 4.07. The Balaban J connectivity index is 1.96. The second-order valence-corrected chi connectivity index (χ2v) is 3.60. The van der Waals surface area contributed by atoms with Crippen molar-refractivity contribution in [2.45, 2.75) is 26.9 Å². The molecule has 0 unspecified atom stereocenters. The zero-order valence-corrected chi connectivity index (χ0v) is 7.84. The molecule has 0 aromatic rings. The first-order valence-electron chi connectivity index (χ1n) is 4.56. The maximum atomic E-state index is 5.51. The van der Waals surface area contributed by atoms with Gasteiger partial charge in [-0.3, -0.25) is 0 Å². The van der Waals surface area contributed by atoms with Gasteiger partial charge in [-0.05, 0) is 20.4 Å². The summed E-state index contributed by atoms with van der Waals surface area (Å²) < 4.78 is 5.51. The molecule has 0 aliphatic carbocycles. The molecule has 0 bridgehead atoms. The van der Waals surface area contributed by atoms with Gasteiger partial charge in [-0.25, -0.2) is 0 Å². The van der Waals surface area contributed by atoms with Gasteiger partial charge in [0.2, 0.25) is 0 Å². The van der Waals surface area contributed by atoms with Crippen LogP contribution in [0, 0.1) is 5.92 Å². The van der Waals surface area contributed by atoms with E-state index in [1.807, 2.05) is 0 Å². The molecule has 66 valence electrons. The van der Waals surface area contributed by atoms with Crippen LogP contribution >= 0.6 is 0 Å². The first-order valence-corrected chi connectivity index (χ1v) is 4.56. The summed E-state index contributed by atoms with van der Waals surface area (Å²) in [6.45, 7) is 11.0. The van der Waals surface area contributed by atoms with Crippen molar-refractivity contribution in [1.82, 2.24) is 4.90 Å². The Morgan fingerprint density at radius 1 is 1.45 bits per heavy atom. The van der Waals surface area contributed by atoms with Crippen molar-refractivity contribution in [2.75, 3.05) is 26.2 Å². The number of hydrogen-bond donors (Lipinski definition) is 0. The minimum absolute atomic E-state index is 0.394. The Hall–Kier alpha value is -0.0800. The second-order valence-electron chi connectivity index (χ2n) is 3.60. The van der Waals surface area contributed by atoms with Crippen LogP contribution in [-0.2, 0) is 4.74 Å². The van der Waals surface area contributed by atoms with E-state index in [0.717, 1.165) is 12.5 Å². The molecule has 0 atom stereocenters. The fourth-order valence-corrected chi connectivity index (χ4v) is 1.37. The maximum Gasteiger partial charge on any atom is 0.0522 e. The van der Waals surface area contributed by atoms with Gasteiger partial charge in [0, 0.05) is 19.0 Å². The van der Waals surface area contributed by atoms with Gasteiger partial charge in [0.1, 0.15) is 0 Å². The zero-order chi connectivity index (χ0) is 8.27. The lowest BCUT2D eigenvalue weighted by Gasteiger charge is -2.38. The topological polar surface area (TPSA) is 12.5 Å². The monoisotopic (exact) mass is 157 g/mol. The van der Waals surface area contributed by atoms with Crippen LogP contribution in [0.4, 0.5) is 0 Å². The number of nitrogens with zero attached hydrogens (tertiary/aromatic N) is 1. The predicted octanol–water partition coefficient (Wildman–Crippen LogP) is 1.36. The standard InChI is InChI=1S/C9H19NO/c1-4-10-5-9(6-10)7-11-8(2)3/h8-9H,4-7H2,1-3H3. The summed E-state index contributed by atoms with van der Waals surface area (Å²) in [5, 5.41) is 0. The van der Waals surface area contributed by atoms with Gasteiger partial charge in [-0.1, -0.05) is 6.92 Å². The smallest absolute Gasteiger partial charge is 0.0522 e. The molecule has 1 rings (SSSR count). The lowest BCUT2D eigenvalue weighted by molar-refractivity contribution is -0.00728. The first-order chi connectivity index (χ1) is 5.22. The normalized spacial score (nSPS) is 20.7. The third kappa shape index (κ3) is 2.80. The van der Waals surface area contributed by atoms with Gasteiger partial charge in [-0.15, -0.1) is 0 Å². The molecule has 0 saturated carbocycles. The summed E-state index contributed by atoms with van der Waals surface area (Å²) >= 11 is 0. The molecule has 0 N–H and O–H groups in total. The van der Waals surface area contributed by atoms with E-state index in [4.69, 9.17) is 4.74 Å². The van der Waals surface area contributed by atoms with Gasteiger partial charge < -0.3 is 9.64 Å². The molecule has 0 amide bonds. The van der Waals surface area contributed by atoms with E-state index in [1.54, 1.807) is 0 Å². The molecule has 1 heterocycles. The lowest BCUT2D eigenvalue weighted by Crippen LogP contribution is -2.48. The molecule has 0 spiro atoms. The van der Waals surface area contributed by atoms with Gasteiger partial charge in [0.15, 0.2) is 0 Å². The van der Waals surface area contributed by atoms with E-state index in [1.165, 1.54) is 19.6 Å². The molecule has 1 fully saturated rings. The van der Waals surface area contributed by atoms with Crippen LogP contribution in [-0.4, -0.2) is 37.2 Å². The molecule has 2 nitrogen and oxygen atoms in total. The zero-order valence-electron chi connectivity index (χ0n) is 7.84. The van der Waals surface area contributed by atoms with Gasteiger partial charge in [-0.2, -0.15) is 0 Å². The molecule has 11 heavy (non-hydrogen) atoms. The van der Waals surface area contributed by atoms with E-state index in [9.17, 15) is 0 Å². The molecule has 0 radical (unpaired) electrons. The van der Waals surface area contributed by atoms with E-state index >= 15 is 0 Å². The van der Waals surface area contributed by atoms with Crippen LogP contribution in [0.2, 0.25) is 0 Å². The van der Waals surface area contributed by atoms with Crippen molar-refractivity contribution in [1.29, 1.82) is 0 Å². The predicted molar refractivity (Wildman–Crippen MR) is 46.7 cm³/mol. The number of rotatable bonds is 4. The Kier molecular flexibility index (Phi) is 3.34. The minimum Gasteiger partial charge on any atom is -0.378 e. The average Bonchev–Trinajstić information content (AvgIpc) is 1.84. The summed E-state index contributed by atoms with van der Waals surface area (Å²) in [7, 11) is 0. The molecular formula is C9H19NO. The largest absolute Gasteiger partial charge is 0.378 e. The number of ether oxygens (including phenoxy) is 1. The Labute approximate surface area is 69.5 Å². The third-order valence-electron chi connectivity index (χ3n) is 2.15. The van der Waals surface area contributed by atoms with Crippen molar-refractivity contribution in [3.8, 4) is 0 Å². The minimum atomic E-state index is 0.394. The highest BCUT2D eigenvalue weighted by Gasteiger charge is 2.24. The van der Waals surface area contributed by atoms with Crippen molar-refractivity contribution in [3.63, 3.8) is 0 Å². The van der Waals surface area contributed by atoms with E-state index in [-0.39, 0.29) is 0 Å². The van der Waals surface area contributed by atoms with Crippen LogP contribution < -0.4 is 0 Å². The molecule has 1 aliphatic rings. The first kappa shape index (κ1) is 9.01. The fraction of sp³-hybridized carbons (Fsp3) is 1.00. The highest BCUT2D eigenvalue weighted by Crippen LogP contribution is 2.15. The van der Waals surface area contributed by atoms with Gasteiger partial charge >= 0.3 is 0 Å². The molecule has 1 saturated heterocycles. The Bertz CT molecular complexity index is 108. The number of likely N-dealkylation sites (tertiary alicyclic amines) is 1. The van der Waals surface area contributed by atoms with Crippen molar-refractivity contribution < 1.29 is 4.74 Å². The summed E-state index contributed by atoms with van der Waals surface area (Å²) in [6.07, 6.45) is 0.394.